The average molecular weight is 602 g/mol. The lowest BCUT2D eigenvalue weighted by Crippen LogP contribution is -1.91. The zero-order valence-corrected chi connectivity index (χ0v) is 26.1. The van der Waals surface area contributed by atoms with Crippen LogP contribution in [-0.4, -0.2) is 15.0 Å². The quantitative estimate of drug-likeness (QED) is 0.141. The predicted octanol–water partition coefficient (Wildman–Crippen LogP) is 11.4. The molecule has 0 N–H and O–H groups in total. The van der Waals surface area contributed by atoms with E-state index in [4.69, 9.17) is 15.0 Å². The molecule has 0 spiro atoms. The van der Waals surface area contributed by atoms with Crippen molar-refractivity contribution in [2.24, 2.45) is 0 Å². The van der Waals surface area contributed by atoms with E-state index in [1.165, 1.54) is 0 Å². The summed E-state index contributed by atoms with van der Waals surface area (Å²) in [5.41, 5.74) is 13.1. The smallest absolute Gasteiger partial charge is 0.0972 e. The molecule has 5 aromatic carbocycles. The van der Waals surface area contributed by atoms with E-state index in [2.05, 4.69) is 135 Å². The average Bonchev–Trinajstić information content (AvgIpc) is 3.14. The molecule has 0 aliphatic carbocycles. The van der Waals surface area contributed by atoms with Crippen LogP contribution in [0, 0.1) is 6.92 Å². The second-order valence-corrected chi connectivity index (χ2v) is 11.8. The second-order valence-electron chi connectivity index (χ2n) is 11.8. The molecule has 0 amide bonds. The molecule has 47 heavy (non-hydrogen) atoms. The van der Waals surface area contributed by atoms with Crippen LogP contribution in [0.3, 0.4) is 0 Å². The van der Waals surface area contributed by atoms with Crippen molar-refractivity contribution in [2.75, 3.05) is 0 Å². The number of benzene rings is 5. The Morgan fingerprint density at radius 1 is 0.489 bits per heavy atom. The van der Waals surface area contributed by atoms with Gasteiger partial charge in [0.2, 0.25) is 0 Å². The third-order valence-corrected chi connectivity index (χ3v) is 8.81. The van der Waals surface area contributed by atoms with Crippen molar-refractivity contribution in [3.05, 3.63) is 175 Å². The number of aryl methyl sites for hydroxylation is 1. The van der Waals surface area contributed by atoms with E-state index >= 15 is 0 Å². The molecule has 3 heteroatoms. The van der Waals surface area contributed by atoms with Crippen molar-refractivity contribution in [3.8, 4) is 33.8 Å². The van der Waals surface area contributed by atoms with Gasteiger partial charge in [0.05, 0.1) is 33.6 Å². The van der Waals surface area contributed by atoms with E-state index in [0.717, 1.165) is 88.7 Å². The van der Waals surface area contributed by atoms with Gasteiger partial charge in [0, 0.05) is 32.8 Å². The van der Waals surface area contributed by atoms with E-state index in [0.29, 0.717) is 0 Å². The van der Waals surface area contributed by atoms with Crippen molar-refractivity contribution in [3.63, 3.8) is 0 Å². The number of hydrogen-bond acceptors (Lipinski definition) is 3. The zero-order chi connectivity index (χ0) is 31.7. The lowest BCUT2D eigenvalue weighted by molar-refractivity contribution is 1.35. The van der Waals surface area contributed by atoms with Crippen LogP contribution in [-0.2, 0) is 0 Å². The Hall–Kier alpha value is -6.19. The number of allylic oxidation sites excluding steroid dienone is 2. The molecule has 8 aromatic rings. The molecule has 0 saturated carbocycles. The van der Waals surface area contributed by atoms with Gasteiger partial charge in [0.15, 0.2) is 0 Å². The van der Waals surface area contributed by atoms with Crippen LogP contribution in [0.15, 0.2) is 158 Å². The van der Waals surface area contributed by atoms with Gasteiger partial charge in [-0.2, -0.15) is 0 Å². The molecule has 3 heterocycles. The number of aromatic nitrogens is 3. The topological polar surface area (TPSA) is 38.7 Å². The number of rotatable bonds is 6. The minimum Gasteiger partial charge on any atom is -0.247 e. The van der Waals surface area contributed by atoms with Gasteiger partial charge in [-0.1, -0.05) is 140 Å². The van der Waals surface area contributed by atoms with Crippen molar-refractivity contribution >= 4 is 44.4 Å². The predicted molar refractivity (Wildman–Crippen MR) is 198 cm³/mol. The molecule has 0 radical (unpaired) electrons. The van der Waals surface area contributed by atoms with E-state index < -0.39 is 0 Å². The summed E-state index contributed by atoms with van der Waals surface area (Å²) < 4.78 is 0. The fraction of sp³-hybridized carbons (Fsp3) is 0.0227. The maximum atomic E-state index is 5.15. The highest BCUT2D eigenvalue weighted by Gasteiger charge is 2.10. The molecule has 0 fully saturated rings. The maximum absolute atomic E-state index is 5.15. The van der Waals surface area contributed by atoms with Gasteiger partial charge in [-0.25, -0.2) is 15.0 Å². The Bertz CT molecular complexity index is 2480. The monoisotopic (exact) mass is 601 g/mol. The Balaban J connectivity index is 1.10. The first-order chi connectivity index (χ1) is 23.1. The van der Waals surface area contributed by atoms with Crippen LogP contribution in [0.5, 0.6) is 0 Å². The third-order valence-electron chi connectivity index (χ3n) is 8.81. The van der Waals surface area contributed by atoms with E-state index in [1.807, 2.05) is 36.4 Å². The molecule has 3 aromatic heterocycles. The van der Waals surface area contributed by atoms with Gasteiger partial charge < -0.3 is 0 Å². The van der Waals surface area contributed by atoms with Crippen LogP contribution in [0.2, 0.25) is 0 Å². The van der Waals surface area contributed by atoms with Crippen LogP contribution < -0.4 is 0 Å². The van der Waals surface area contributed by atoms with Crippen LogP contribution in [0.25, 0.3) is 78.1 Å². The molecular formula is C44H31N3. The summed E-state index contributed by atoms with van der Waals surface area (Å²) in [5, 5.41) is 3.27. The highest BCUT2D eigenvalue weighted by molar-refractivity contribution is 6.04. The molecule has 0 atom stereocenters. The summed E-state index contributed by atoms with van der Waals surface area (Å²) in [6, 6.07) is 50.2. The van der Waals surface area contributed by atoms with Crippen molar-refractivity contribution in [2.45, 2.75) is 6.92 Å². The molecule has 222 valence electrons. The normalized spacial score (nSPS) is 11.5. The highest BCUT2D eigenvalue weighted by atomic mass is 14.8. The van der Waals surface area contributed by atoms with E-state index in [1.54, 1.807) is 0 Å². The van der Waals surface area contributed by atoms with Crippen molar-refractivity contribution in [1.29, 1.82) is 0 Å². The Morgan fingerprint density at radius 2 is 0.957 bits per heavy atom. The largest absolute Gasteiger partial charge is 0.247 e. The summed E-state index contributed by atoms with van der Waals surface area (Å²) >= 11 is 0. The van der Waals surface area contributed by atoms with Crippen LogP contribution >= 0.6 is 0 Å². The molecule has 0 bridgehead atoms. The van der Waals surface area contributed by atoms with Crippen molar-refractivity contribution in [1.82, 2.24) is 15.0 Å². The van der Waals surface area contributed by atoms with E-state index in [9.17, 15) is 0 Å². The van der Waals surface area contributed by atoms with Crippen molar-refractivity contribution < 1.29 is 0 Å². The molecule has 8 rings (SSSR count). The first-order valence-electron chi connectivity index (χ1n) is 15.8. The van der Waals surface area contributed by atoms with Gasteiger partial charge in [-0.05, 0) is 53.5 Å². The lowest BCUT2D eigenvalue weighted by atomic mass is 9.99. The Labute approximate surface area is 274 Å². The van der Waals surface area contributed by atoms with Gasteiger partial charge >= 0.3 is 0 Å². The number of fused-ring (bicyclic) bond motifs is 4. The first kappa shape index (κ1) is 28.3. The highest BCUT2D eigenvalue weighted by Crippen LogP contribution is 2.31. The Kier molecular flexibility index (Phi) is 7.20. The second kappa shape index (κ2) is 12.0. The Morgan fingerprint density at radius 3 is 1.55 bits per heavy atom. The minimum absolute atomic E-state index is 0.901. The molecule has 0 unspecified atom stereocenters. The summed E-state index contributed by atoms with van der Waals surface area (Å²) in [5.74, 6) is 0. The molecule has 3 nitrogen and oxygen atoms in total. The molecule has 0 aliphatic rings. The number of pyridine rings is 3. The van der Waals surface area contributed by atoms with E-state index in [-0.39, 0.29) is 0 Å². The summed E-state index contributed by atoms with van der Waals surface area (Å²) in [6.07, 6.45) is 4.22. The fourth-order valence-corrected chi connectivity index (χ4v) is 6.16. The number of nitrogens with zero attached hydrogens (tertiary/aromatic N) is 3. The lowest BCUT2D eigenvalue weighted by Gasteiger charge is -2.10. The van der Waals surface area contributed by atoms with Gasteiger partial charge in [0.25, 0.3) is 0 Å². The van der Waals surface area contributed by atoms with Gasteiger partial charge in [0.1, 0.15) is 0 Å². The summed E-state index contributed by atoms with van der Waals surface area (Å²) in [7, 11) is 0. The number of hydrogen-bond donors (Lipinski definition) is 0. The molecule has 0 saturated heterocycles. The summed E-state index contributed by atoms with van der Waals surface area (Å²) in [4.78, 5) is 15.2. The fourth-order valence-electron chi connectivity index (χ4n) is 6.16. The zero-order valence-electron chi connectivity index (χ0n) is 26.1. The van der Waals surface area contributed by atoms with Crippen LogP contribution in [0.4, 0.5) is 0 Å². The third kappa shape index (κ3) is 5.49. The standard InChI is InChI=1S/C44H31N3/c1-29(16-17-31-18-19-34-22-25-39(45-42(34)30(31)2)32-10-5-3-6-11-32)37-14-9-15-38(28-37)41-27-24-36-21-20-35-23-26-40(33-12-7-4-8-13-33)46-43(35)44(36)47-41/h3-28H,1H2,2H3/b17-16-. The van der Waals surface area contributed by atoms with Gasteiger partial charge in [-0.15, -0.1) is 0 Å². The molecule has 0 aliphatic heterocycles. The first-order valence-corrected chi connectivity index (χ1v) is 15.8. The molecular weight excluding hydrogens is 571 g/mol. The maximum Gasteiger partial charge on any atom is 0.0972 e. The SMILES string of the molecule is C=C(/C=C\c1ccc2ccc(-c3ccccc3)nc2c1C)c1cccc(-c2ccc3ccc4ccc(-c5ccccc5)nc4c3n2)c1. The summed E-state index contributed by atoms with van der Waals surface area (Å²) in [6.45, 7) is 6.56. The van der Waals surface area contributed by atoms with Gasteiger partial charge in [-0.3, -0.25) is 0 Å². The minimum atomic E-state index is 0.901. The van der Waals surface area contributed by atoms with Crippen LogP contribution in [0.1, 0.15) is 16.7 Å².